The Morgan fingerprint density at radius 2 is 1.52 bits per heavy atom. The first kappa shape index (κ1) is 18.9. The van der Waals surface area contributed by atoms with E-state index in [1.807, 2.05) is 0 Å². The summed E-state index contributed by atoms with van der Waals surface area (Å²) in [7, 11) is 1.51. The van der Waals surface area contributed by atoms with Gasteiger partial charge in [0, 0.05) is 16.9 Å². The molecule has 1 aliphatic rings. The first-order valence-corrected chi connectivity index (χ1v) is 8.81. The molecule has 0 aliphatic heterocycles. The zero-order valence-corrected chi connectivity index (χ0v) is 15.7. The molecule has 0 bridgehead atoms. The van der Waals surface area contributed by atoms with Crippen LogP contribution in [-0.4, -0.2) is 24.7 Å². The second kappa shape index (κ2) is 7.40. The van der Waals surface area contributed by atoms with Crippen LogP contribution in [0, 0.1) is 5.41 Å². The molecule has 7 heteroatoms. The normalized spacial score (nSPS) is 14.2. The molecule has 1 saturated carbocycles. The minimum absolute atomic E-state index is 0.0518. The number of anilines is 2. The molecule has 2 N–H and O–H groups in total. The van der Waals surface area contributed by atoms with Gasteiger partial charge in [0.2, 0.25) is 11.8 Å². The summed E-state index contributed by atoms with van der Waals surface area (Å²) in [6.07, 6.45) is 0.945. The van der Waals surface area contributed by atoms with Gasteiger partial charge in [0.05, 0.1) is 12.1 Å². The highest BCUT2D eigenvalue weighted by Crippen LogP contribution is 2.47. The molecule has 140 valence electrons. The van der Waals surface area contributed by atoms with Gasteiger partial charge in [-0.15, -0.1) is 0 Å². The van der Waals surface area contributed by atoms with Crippen molar-refractivity contribution in [1.82, 2.24) is 0 Å². The molecule has 0 aromatic heterocycles. The molecular weight excluding hydrogens is 368 g/mol. The minimum Gasteiger partial charge on any atom is -0.495 e. The van der Waals surface area contributed by atoms with Crippen LogP contribution in [0.3, 0.4) is 0 Å². The maximum absolute atomic E-state index is 12.6. The van der Waals surface area contributed by atoms with Crippen molar-refractivity contribution in [2.75, 3.05) is 17.7 Å². The quantitative estimate of drug-likeness (QED) is 0.582. The molecule has 0 saturated heterocycles. The zero-order valence-electron chi connectivity index (χ0n) is 15.0. The Morgan fingerprint density at radius 1 is 0.963 bits per heavy atom. The van der Waals surface area contributed by atoms with E-state index in [-0.39, 0.29) is 17.6 Å². The number of hydrogen-bond donors (Lipinski definition) is 2. The van der Waals surface area contributed by atoms with Crippen molar-refractivity contribution in [2.24, 2.45) is 5.41 Å². The van der Waals surface area contributed by atoms with Crippen LogP contribution in [0.15, 0.2) is 42.5 Å². The van der Waals surface area contributed by atoms with Gasteiger partial charge in [0.1, 0.15) is 11.2 Å². The van der Waals surface area contributed by atoms with Crippen molar-refractivity contribution in [1.29, 1.82) is 0 Å². The summed E-state index contributed by atoms with van der Waals surface area (Å²) in [6.45, 7) is 1.47. The van der Waals surface area contributed by atoms with Gasteiger partial charge in [0.25, 0.3) is 0 Å². The third-order valence-electron chi connectivity index (χ3n) is 4.58. The standard InChI is InChI=1S/C20H19ClN2O4/c1-12(24)13-3-5-14(6-4-13)22-18(25)20(9-10-20)19(26)23-15-7-8-17(27-2)16(21)11-15/h3-8,11H,9-10H2,1-2H3,(H,22,25)(H,23,26). The minimum atomic E-state index is -1.09. The van der Waals surface area contributed by atoms with E-state index in [0.29, 0.717) is 40.6 Å². The number of halogens is 1. The van der Waals surface area contributed by atoms with Gasteiger partial charge >= 0.3 is 0 Å². The number of nitrogens with one attached hydrogen (secondary N) is 2. The Kier molecular flexibility index (Phi) is 5.19. The van der Waals surface area contributed by atoms with Crippen LogP contribution >= 0.6 is 11.6 Å². The summed E-state index contributed by atoms with van der Waals surface area (Å²) < 4.78 is 5.08. The average molecular weight is 387 g/mol. The number of benzene rings is 2. The van der Waals surface area contributed by atoms with Gasteiger partial charge in [-0.2, -0.15) is 0 Å². The molecular formula is C20H19ClN2O4. The fourth-order valence-corrected chi connectivity index (χ4v) is 2.97. The van der Waals surface area contributed by atoms with E-state index < -0.39 is 5.41 Å². The lowest BCUT2D eigenvalue weighted by atomic mass is 10.0. The molecule has 1 aliphatic carbocycles. The summed E-state index contributed by atoms with van der Waals surface area (Å²) in [6, 6.07) is 11.4. The zero-order chi connectivity index (χ0) is 19.6. The van der Waals surface area contributed by atoms with Gasteiger partial charge in [0.15, 0.2) is 5.78 Å². The number of carbonyl (C=O) groups excluding carboxylic acids is 3. The van der Waals surface area contributed by atoms with Crippen LogP contribution in [0.2, 0.25) is 5.02 Å². The monoisotopic (exact) mass is 386 g/mol. The number of methoxy groups -OCH3 is 1. The summed E-state index contributed by atoms with van der Waals surface area (Å²) in [5, 5.41) is 5.86. The molecule has 2 amide bonds. The molecule has 1 fully saturated rings. The first-order chi connectivity index (χ1) is 12.9. The molecule has 0 unspecified atom stereocenters. The van der Waals surface area contributed by atoms with Crippen molar-refractivity contribution >= 4 is 40.6 Å². The van der Waals surface area contributed by atoms with E-state index in [2.05, 4.69) is 10.6 Å². The molecule has 2 aromatic carbocycles. The molecule has 0 radical (unpaired) electrons. The molecule has 0 heterocycles. The highest BCUT2D eigenvalue weighted by Gasteiger charge is 2.56. The van der Waals surface area contributed by atoms with Crippen LogP contribution in [0.4, 0.5) is 11.4 Å². The topological polar surface area (TPSA) is 84.5 Å². The predicted octanol–water partition coefficient (Wildman–Crippen LogP) is 3.91. The van der Waals surface area contributed by atoms with Crippen LogP contribution in [0.1, 0.15) is 30.1 Å². The second-order valence-electron chi connectivity index (χ2n) is 6.47. The van der Waals surface area contributed by atoms with Crippen LogP contribution < -0.4 is 15.4 Å². The summed E-state index contributed by atoms with van der Waals surface area (Å²) >= 11 is 6.07. The van der Waals surface area contributed by atoms with E-state index in [4.69, 9.17) is 16.3 Å². The van der Waals surface area contributed by atoms with Crippen LogP contribution in [0.25, 0.3) is 0 Å². The third kappa shape index (κ3) is 3.95. The second-order valence-corrected chi connectivity index (χ2v) is 6.88. The maximum Gasteiger partial charge on any atom is 0.240 e. The smallest absolute Gasteiger partial charge is 0.240 e. The number of rotatable bonds is 6. The van der Waals surface area contributed by atoms with Gasteiger partial charge in [-0.3, -0.25) is 14.4 Å². The van der Waals surface area contributed by atoms with Gasteiger partial charge in [-0.1, -0.05) is 11.6 Å². The Bertz CT molecular complexity index is 905. The van der Waals surface area contributed by atoms with Gasteiger partial charge < -0.3 is 15.4 Å². The molecule has 0 spiro atoms. The van der Waals surface area contributed by atoms with Crippen LogP contribution in [0.5, 0.6) is 5.75 Å². The number of amides is 2. The highest BCUT2D eigenvalue weighted by atomic mass is 35.5. The molecule has 0 atom stereocenters. The van der Waals surface area contributed by atoms with Crippen molar-refractivity contribution in [3.63, 3.8) is 0 Å². The summed E-state index contributed by atoms with van der Waals surface area (Å²) in [4.78, 5) is 36.6. The first-order valence-electron chi connectivity index (χ1n) is 8.43. The molecule has 6 nitrogen and oxygen atoms in total. The van der Waals surface area contributed by atoms with E-state index >= 15 is 0 Å². The number of Topliss-reactive ketones (excluding diaryl/α,β-unsaturated/α-hetero) is 1. The van der Waals surface area contributed by atoms with Crippen molar-refractivity contribution in [3.05, 3.63) is 53.1 Å². The predicted molar refractivity (Wildman–Crippen MR) is 103 cm³/mol. The van der Waals surface area contributed by atoms with E-state index in [9.17, 15) is 14.4 Å². The lowest BCUT2D eigenvalue weighted by molar-refractivity contribution is -0.131. The molecule has 2 aromatic rings. The summed E-state index contributed by atoms with van der Waals surface area (Å²) in [5.74, 6) is -0.289. The van der Waals surface area contributed by atoms with E-state index in [1.54, 1.807) is 42.5 Å². The Labute approximate surface area is 161 Å². The number of carbonyl (C=O) groups is 3. The van der Waals surface area contributed by atoms with Crippen LogP contribution in [-0.2, 0) is 9.59 Å². The van der Waals surface area contributed by atoms with Crippen molar-refractivity contribution < 1.29 is 19.1 Å². The number of ketones is 1. The maximum atomic E-state index is 12.6. The summed E-state index contributed by atoms with van der Waals surface area (Å²) in [5.41, 5.74) is 0.501. The lowest BCUT2D eigenvalue weighted by Gasteiger charge is -2.16. The fraction of sp³-hybridized carbons (Fsp3) is 0.250. The molecule has 27 heavy (non-hydrogen) atoms. The van der Waals surface area contributed by atoms with Crippen molar-refractivity contribution in [2.45, 2.75) is 19.8 Å². The van der Waals surface area contributed by atoms with Gasteiger partial charge in [-0.25, -0.2) is 0 Å². The fourth-order valence-electron chi connectivity index (χ4n) is 2.72. The van der Waals surface area contributed by atoms with E-state index in [0.717, 1.165) is 0 Å². The Morgan fingerprint density at radius 3 is 2.00 bits per heavy atom. The SMILES string of the molecule is COc1ccc(NC(=O)C2(C(=O)Nc3ccc(C(C)=O)cc3)CC2)cc1Cl. The van der Waals surface area contributed by atoms with E-state index in [1.165, 1.54) is 14.0 Å². The average Bonchev–Trinajstić information content (AvgIpc) is 3.44. The lowest BCUT2D eigenvalue weighted by Crippen LogP contribution is -2.35. The highest BCUT2D eigenvalue weighted by molar-refractivity contribution is 6.32. The third-order valence-corrected chi connectivity index (χ3v) is 4.87. The van der Waals surface area contributed by atoms with Gasteiger partial charge in [-0.05, 0) is 62.2 Å². The Hall–Kier alpha value is -2.86. The Balaban J connectivity index is 1.68. The largest absolute Gasteiger partial charge is 0.495 e. The number of ether oxygens (including phenoxy) is 1. The molecule has 3 rings (SSSR count). The number of hydrogen-bond acceptors (Lipinski definition) is 4. The van der Waals surface area contributed by atoms with Crippen molar-refractivity contribution in [3.8, 4) is 5.75 Å².